The molecule has 0 aromatic heterocycles. The molecule has 110 valence electrons. The Morgan fingerprint density at radius 1 is 1.30 bits per heavy atom. The van der Waals surface area contributed by atoms with Crippen molar-refractivity contribution in [1.82, 2.24) is 4.72 Å². The summed E-state index contributed by atoms with van der Waals surface area (Å²) in [6.07, 6.45) is 1.33. The summed E-state index contributed by atoms with van der Waals surface area (Å²) >= 11 is 0. The van der Waals surface area contributed by atoms with E-state index in [2.05, 4.69) is 4.72 Å². The predicted molar refractivity (Wildman–Crippen MR) is 77.4 cm³/mol. The van der Waals surface area contributed by atoms with Gasteiger partial charge in [-0.15, -0.1) is 0 Å². The third-order valence-electron chi connectivity index (χ3n) is 3.17. The van der Waals surface area contributed by atoms with Gasteiger partial charge in [0.15, 0.2) is 9.84 Å². The van der Waals surface area contributed by atoms with Crippen LogP contribution in [0.1, 0.15) is 11.1 Å². The molecule has 20 heavy (non-hydrogen) atoms. The zero-order valence-corrected chi connectivity index (χ0v) is 12.8. The standard InChI is InChI=1S/C12H16N2O4S2/c1-8-5-10(13)6-12(9(8)2)20(17,18)14-11-3-4-19(15,16)7-11/h3-6,11,14H,7,13H2,1-2H3. The molecule has 0 fully saturated rings. The van der Waals surface area contributed by atoms with Crippen LogP contribution in [0.15, 0.2) is 28.5 Å². The van der Waals surface area contributed by atoms with Crippen LogP contribution < -0.4 is 10.5 Å². The van der Waals surface area contributed by atoms with E-state index in [9.17, 15) is 16.8 Å². The summed E-state index contributed by atoms with van der Waals surface area (Å²) in [5.41, 5.74) is 7.38. The van der Waals surface area contributed by atoms with Crippen LogP contribution in [0.3, 0.4) is 0 Å². The van der Waals surface area contributed by atoms with Crippen LogP contribution >= 0.6 is 0 Å². The average molecular weight is 316 g/mol. The largest absolute Gasteiger partial charge is 0.399 e. The zero-order valence-electron chi connectivity index (χ0n) is 11.1. The smallest absolute Gasteiger partial charge is 0.241 e. The maximum atomic E-state index is 12.3. The molecule has 1 aliphatic rings. The Kier molecular flexibility index (Phi) is 3.66. The molecule has 0 saturated heterocycles. The van der Waals surface area contributed by atoms with Crippen LogP contribution in [-0.2, 0) is 19.9 Å². The quantitative estimate of drug-likeness (QED) is 0.789. The van der Waals surface area contributed by atoms with Crippen LogP contribution in [0.2, 0.25) is 0 Å². The van der Waals surface area contributed by atoms with Crippen molar-refractivity contribution in [3.8, 4) is 0 Å². The van der Waals surface area contributed by atoms with Crippen molar-refractivity contribution >= 4 is 25.5 Å². The van der Waals surface area contributed by atoms with Crippen molar-refractivity contribution in [3.05, 3.63) is 34.7 Å². The van der Waals surface area contributed by atoms with Gasteiger partial charge in [-0.1, -0.05) is 6.08 Å². The molecule has 0 aliphatic carbocycles. The number of hydrogen-bond acceptors (Lipinski definition) is 5. The average Bonchev–Trinajstić information content (AvgIpc) is 2.62. The van der Waals surface area contributed by atoms with E-state index in [0.717, 1.165) is 11.0 Å². The minimum Gasteiger partial charge on any atom is -0.399 e. The van der Waals surface area contributed by atoms with E-state index in [-0.39, 0.29) is 10.6 Å². The highest BCUT2D eigenvalue weighted by atomic mass is 32.2. The summed E-state index contributed by atoms with van der Waals surface area (Å²) in [4.78, 5) is 0.0766. The molecule has 1 unspecified atom stereocenters. The number of benzene rings is 1. The Bertz CT molecular complexity index is 780. The van der Waals surface area contributed by atoms with Crippen LogP contribution in [0.5, 0.6) is 0 Å². The number of anilines is 1. The molecule has 1 aliphatic heterocycles. The lowest BCUT2D eigenvalue weighted by molar-refractivity contribution is 0.574. The minimum absolute atomic E-state index is 0.0766. The first-order valence-electron chi connectivity index (χ1n) is 5.91. The number of hydrogen-bond donors (Lipinski definition) is 2. The van der Waals surface area contributed by atoms with Gasteiger partial charge in [0.05, 0.1) is 16.7 Å². The fraction of sp³-hybridized carbons (Fsp3) is 0.333. The van der Waals surface area contributed by atoms with Crippen LogP contribution in [0, 0.1) is 13.8 Å². The van der Waals surface area contributed by atoms with Gasteiger partial charge in [0.1, 0.15) is 0 Å². The third kappa shape index (κ3) is 3.02. The second-order valence-electron chi connectivity index (χ2n) is 4.85. The van der Waals surface area contributed by atoms with Gasteiger partial charge in [0.2, 0.25) is 10.0 Å². The fourth-order valence-corrected chi connectivity index (χ4v) is 4.93. The van der Waals surface area contributed by atoms with Crippen molar-refractivity contribution in [2.75, 3.05) is 11.5 Å². The third-order valence-corrected chi connectivity index (χ3v) is 6.18. The summed E-state index contributed by atoms with van der Waals surface area (Å²) in [6, 6.07) is 2.32. The van der Waals surface area contributed by atoms with Crippen molar-refractivity contribution in [2.24, 2.45) is 0 Å². The maximum absolute atomic E-state index is 12.3. The SMILES string of the molecule is Cc1cc(N)cc(S(=O)(=O)NC2C=CS(=O)(=O)C2)c1C. The van der Waals surface area contributed by atoms with Gasteiger partial charge in [0, 0.05) is 11.1 Å². The van der Waals surface area contributed by atoms with Crippen LogP contribution in [0.4, 0.5) is 5.69 Å². The van der Waals surface area contributed by atoms with Gasteiger partial charge in [-0.3, -0.25) is 0 Å². The van der Waals surface area contributed by atoms with Crippen molar-refractivity contribution in [2.45, 2.75) is 24.8 Å². The molecule has 2 rings (SSSR count). The Hall–Kier alpha value is -1.38. The normalized spacial score (nSPS) is 21.2. The number of rotatable bonds is 3. The molecule has 0 bridgehead atoms. The van der Waals surface area contributed by atoms with E-state index in [1.807, 2.05) is 0 Å². The number of nitrogen functional groups attached to an aromatic ring is 1. The summed E-state index contributed by atoms with van der Waals surface area (Å²) in [7, 11) is -7.12. The van der Waals surface area contributed by atoms with Crippen LogP contribution in [-0.4, -0.2) is 28.6 Å². The molecule has 0 radical (unpaired) electrons. The molecule has 8 heteroatoms. The van der Waals surface area contributed by atoms with Gasteiger partial charge in [-0.05, 0) is 37.1 Å². The predicted octanol–water partition coefficient (Wildman–Crippen LogP) is 0.475. The van der Waals surface area contributed by atoms with E-state index in [1.165, 1.54) is 12.1 Å². The van der Waals surface area contributed by atoms with Gasteiger partial charge >= 0.3 is 0 Å². The number of sulfonamides is 1. The van der Waals surface area contributed by atoms with Gasteiger partial charge in [0.25, 0.3) is 0 Å². The lowest BCUT2D eigenvalue weighted by Gasteiger charge is -2.14. The molecule has 3 N–H and O–H groups in total. The Labute approximate surface area is 118 Å². The van der Waals surface area contributed by atoms with Crippen molar-refractivity contribution in [1.29, 1.82) is 0 Å². The van der Waals surface area contributed by atoms with Gasteiger partial charge < -0.3 is 5.73 Å². The molecular weight excluding hydrogens is 300 g/mol. The van der Waals surface area contributed by atoms with E-state index in [1.54, 1.807) is 19.9 Å². The first-order valence-corrected chi connectivity index (χ1v) is 9.10. The summed E-state index contributed by atoms with van der Waals surface area (Å²) in [6.45, 7) is 3.45. The Balaban J connectivity index is 2.35. The second-order valence-corrected chi connectivity index (χ2v) is 8.46. The monoisotopic (exact) mass is 316 g/mol. The van der Waals surface area contributed by atoms with Crippen LogP contribution in [0.25, 0.3) is 0 Å². The number of aryl methyl sites for hydroxylation is 1. The van der Waals surface area contributed by atoms with Gasteiger partial charge in [-0.25, -0.2) is 21.6 Å². The molecule has 1 aromatic rings. The summed E-state index contributed by atoms with van der Waals surface area (Å²) in [5.74, 6) is -0.257. The summed E-state index contributed by atoms with van der Waals surface area (Å²) in [5, 5.41) is 1.03. The number of sulfone groups is 1. The summed E-state index contributed by atoms with van der Waals surface area (Å²) < 4.78 is 49.6. The first kappa shape index (κ1) is 15.0. The lowest BCUT2D eigenvalue weighted by Crippen LogP contribution is -2.35. The molecule has 6 nitrogen and oxygen atoms in total. The molecular formula is C12H16N2O4S2. The van der Waals surface area contributed by atoms with Crippen molar-refractivity contribution < 1.29 is 16.8 Å². The highest BCUT2D eigenvalue weighted by Gasteiger charge is 2.27. The van der Waals surface area contributed by atoms with E-state index in [0.29, 0.717) is 11.3 Å². The molecule has 0 spiro atoms. The number of nitrogens with two attached hydrogens (primary N) is 1. The van der Waals surface area contributed by atoms with Gasteiger partial charge in [-0.2, -0.15) is 0 Å². The molecule has 1 heterocycles. The van der Waals surface area contributed by atoms with E-state index >= 15 is 0 Å². The van der Waals surface area contributed by atoms with Crippen molar-refractivity contribution in [3.63, 3.8) is 0 Å². The fourth-order valence-electron chi connectivity index (χ4n) is 2.05. The maximum Gasteiger partial charge on any atom is 0.241 e. The minimum atomic E-state index is -3.82. The van der Waals surface area contributed by atoms with E-state index in [4.69, 9.17) is 5.73 Å². The molecule has 0 amide bonds. The van der Waals surface area contributed by atoms with E-state index < -0.39 is 25.9 Å². The molecule has 1 atom stereocenters. The zero-order chi connectivity index (χ0) is 15.1. The molecule has 0 saturated carbocycles. The number of nitrogens with one attached hydrogen (secondary N) is 1. The second kappa shape index (κ2) is 4.87. The lowest BCUT2D eigenvalue weighted by atomic mass is 10.1. The Morgan fingerprint density at radius 3 is 2.50 bits per heavy atom. The topological polar surface area (TPSA) is 106 Å². The highest BCUT2D eigenvalue weighted by Crippen LogP contribution is 2.23. The first-order chi connectivity index (χ1) is 9.11. The highest BCUT2D eigenvalue weighted by molar-refractivity contribution is 7.94. The molecule has 1 aromatic carbocycles. The Morgan fingerprint density at radius 2 is 1.95 bits per heavy atom.